The molecule has 2 heterocycles. The van der Waals surface area contributed by atoms with Crippen LogP contribution in [0.2, 0.25) is 0 Å². The van der Waals surface area contributed by atoms with Crippen LogP contribution in [0.25, 0.3) is 5.65 Å². The maximum atomic E-state index is 5.62. The summed E-state index contributed by atoms with van der Waals surface area (Å²) in [6.45, 7) is 0. The van der Waals surface area contributed by atoms with Crippen molar-refractivity contribution in [1.29, 1.82) is 0 Å². The summed E-state index contributed by atoms with van der Waals surface area (Å²) in [5.74, 6) is 1.27. The van der Waals surface area contributed by atoms with E-state index in [-0.39, 0.29) is 0 Å². The molecule has 0 unspecified atom stereocenters. The molecular formula is C7H10N6. The highest BCUT2D eigenvalue weighted by Crippen LogP contribution is 2.14. The molecule has 6 nitrogen and oxygen atoms in total. The molecule has 0 saturated carbocycles. The lowest BCUT2D eigenvalue weighted by Gasteiger charge is -2.09. The summed E-state index contributed by atoms with van der Waals surface area (Å²) in [4.78, 5) is 9.86. The average molecular weight is 178 g/mol. The van der Waals surface area contributed by atoms with Crippen molar-refractivity contribution in [1.82, 2.24) is 19.6 Å². The van der Waals surface area contributed by atoms with Crippen LogP contribution in [0.4, 0.5) is 11.6 Å². The monoisotopic (exact) mass is 178 g/mol. The number of imidazole rings is 1. The van der Waals surface area contributed by atoms with Gasteiger partial charge in [-0.25, -0.2) is 9.97 Å². The molecule has 2 N–H and O–H groups in total. The van der Waals surface area contributed by atoms with E-state index >= 15 is 0 Å². The quantitative estimate of drug-likeness (QED) is 0.653. The van der Waals surface area contributed by atoms with Gasteiger partial charge in [-0.2, -0.15) is 9.61 Å². The van der Waals surface area contributed by atoms with Gasteiger partial charge < -0.3 is 10.6 Å². The van der Waals surface area contributed by atoms with Gasteiger partial charge in [0.25, 0.3) is 0 Å². The van der Waals surface area contributed by atoms with Crippen LogP contribution >= 0.6 is 0 Å². The molecule has 6 heteroatoms. The lowest BCUT2D eigenvalue weighted by Crippen LogP contribution is -2.12. The average Bonchev–Trinajstić information content (AvgIpc) is 2.48. The second-order valence-corrected chi connectivity index (χ2v) is 2.89. The Morgan fingerprint density at radius 2 is 2.15 bits per heavy atom. The Morgan fingerprint density at radius 1 is 1.38 bits per heavy atom. The number of anilines is 2. The van der Waals surface area contributed by atoms with Crippen LogP contribution in [0.15, 0.2) is 12.5 Å². The largest absolute Gasteiger partial charge is 0.381 e. The first-order chi connectivity index (χ1) is 6.20. The highest BCUT2D eigenvalue weighted by molar-refractivity contribution is 5.62. The lowest BCUT2D eigenvalue weighted by atomic mass is 10.6. The van der Waals surface area contributed by atoms with E-state index in [1.54, 1.807) is 10.7 Å². The molecule has 0 atom stereocenters. The number of fused-ring (bicyclic) bond motifs is 1. The molecule has 0 amide bonds. The van der Waals surface area contributed by atoms with Crippen molar-refractivity contribution in [3.05, 3.63) is 12.5 Å². The van der Waals surface area contributed by atoms with Gasteiger partial charge in [-0.15, -0.1) is 0 Å². The first-order valence-corrected chi connectivity index (χ1v) is 3.81. The normalized spacial score (nSPS) is 10.6. The first kappa shape index (κ1) is 7.78. The van der Waals surface area contributed by atoms with E-state index in [1.807, 2.05) is 19.0 Å². The molecule has 2 aromatic heterocycles. The fourth-order valence-corrected chi connectivity index (χ4v) is 1.13. The van der Waals surface area contributed by atoms with Crippen LogP contribution in [0.5, 0.6) is 0 Å². The smallest absolute Gasteiger partial charge is 0.198 e. The third-order valence-electron chi connectivity index (χ3n) is 1.77. The summed E-state index contributed by atoms with van der Waals surface area (Å²) in [7, 11) is 3.84. The van der Waals surface area contributed by atoms with E-state index in [9.17, 15) is 0 Å². The second kappa shape index (κ2) is 2.58. The summed E-state index contributed by atoms with van der Waals surface area (Å²) in [5.41, 5.74) is 6.21. The molecule has 68 valence electrons. The Morgan fingerprint density at radius 3 is 2.85 bits per heavy atom. The summed E-state index contributed by atoms with van der Waals surface area (Å²) in [6, 6.07) is 0. The molecule has 2 aromatic rings. The Balaban J connectivity index is 2.75. The molecule has 0 radical (unpaired) electrons. The van der Waals surface area contributed by atoms with Crippen molar-refractivity contribution in [3.8, 4) is 0 Å². The summed E-state index contributed by atoms with van der Waals surface area (Å²) in [6.07, 6.45) is 3.12. The Hall–Kier alpha value is -1.85. The fourth-order valence-electron chi connectivity index (χ4n) is 1.13. The molecular weight excluding hydrogens is 168 g/mol. The molecule has 0 aliphatic rings. The lowest BCUT2D eigenvalue weighted by molar-refractivity contribution is 0.876. The molecule has 0 saturated heterocycles. The van der Waals surface area contributed by atoms with Gasteiger partial charge in [0.2, 0.25) is 0 Å². The number of hydrogen-bond donors (Lipinski definition) is 1. The van der Waals surface area contributed by atoms with Crippen LogP contribution < -0.4 is 10.6 Å². The Kier molecular flexibility index (Phi) is 1.54. The minimum absolute atomic E-state index is 0.392. The Labute approximate surface area is 75.0 Å². The van der Waals surface area contributed by atoms with Crippen molar-refractivity contribution in [2.75, 3.05) is 24.7 Å². The highest BCUT2D eigenvalue weighted by Gasteiger charge is 2.07. The number of hydrogen-bond acceptors (Lipinski definition) is 5. The van der Waals surface area contributed by atoms with E-state index in [2.05, 4.69) is 15.1 Å². The van der Waals surface area contributed by atoms with Crippen LogP contribution in [0.3, 0.4) is 0 Å². The van der Waals surface area contributed by atoms with Gasteiger partial charge in [0, 0.05) is 14.1 Å². The van der Waals surface area contributed by atoms with Gasteiger partial charge in [-0.05, 0) is 0 Å². The number of nitrogens with zero attached hydrogens (tertiary/aromatic N) is 5. The second-order valence-electron chi connectivity index (χ2n) is 2.89. The third kappa shape index (κ3) is 1.07. The van der Waals surface area contributed by atoms with Crippen LogP contribution in [0.1, 0.15) is 0 Å². The van der Waals surface area contributed by atoms with E-state index in [0.29, 0.717) is 11.5 Å². The predicted molar refractivity (Wildman–Crippen MR) is 49.5 cm³/mol. The van der Waals surface area contributed by atoms with Crippen LogP contribution in [0, 0.1) is 0 Å². The molecule has 0 aliphatic heterocycles. The summed E-state index contributed by atoms with van der Waals surface area (Å²) < 4.78 is 1.66. The van der Waals surface area contributed by atoms with Crippen molar-refractivity contribution < 1.29 is 0 Å². The first-order valence-electron chi connectivity index (χ1n) is 3.81. The van der Waals surface area contributed by atoms with E-state index in [1.165, 1.54) is 6.33 Å². The molecule has 0 spiro atoms. The number of nitrogen functional groups attached to an aromatic ring is 1. The van der Waals surface area contributed by atoms with Crippen LogP contribution in [-0.2, 0) is 0 Å². The van der Waals surface area contributed by atoms with Gasteiger partial charge in [-0.3, -0.25) is 0 Å². The van der Waals surface area contributed by atoms with Gasteiger partial charge in [0.05, 0.1) is 6.20 Å². The topological polar surface area (TPSA) is 72.3 Å². The van der Waals surface area contributed by atoms with Crippen molar-refractivity contribution in [2.24, 2.45) is 0 Å². The van der Waals surface area contributed by atoms with Crippen molar-refractivity contribution in [2.45, 2.75) is 0 Å². The summed E-state index contributed by atoms with van der Waals surface area (Å²) in [5, 5.41) is 4.04. The van der Waals surface area contributed by atoms with E-state index < -0.39 is 0 Å². The zero-order chi connectivity index (χ0) is 9.42. The number of nitrogens with two attached hydrogens (primary N) is 1. The number of aromatic nitrogens is 4. The Bertz CT molecular complexity index is 431. The fraction of sp³-hybridized carbons (Fsp3) is 0.286. The zero-order valence-corrected chi connectivity index (χ0v) is 7.47. The van der Waals surface area contributed by atoms with Gasteiger partial charge >= 0.3 is 0 Å². The maximum absolute atomic E-state index is 5.62. The minimum Gasteiger partial charge on any atom is -0.381 e. The predicted octanol–water partition coefficient (Wildman–Crippen LogP) is -0.228. The van der Waals surface area contributed by atoms with Gasteiger partial charge in [-0.1, -0.05) is 0 Å². The van der Waals surface area contributed by atoms with E-state index in [0.717, 1.165) is 5.82 Å². The van der Waals surface area contributed by atoms with E-state index in [4.69, 9.17) is 5.73 Å². The van der Waals surface area contributed by atoms with Crippen molar-refractivity contribution in [3.63, 3.8) is 0 Å². The molecule has 0 bridgehead atoms. The third-order valence-corrected chi connectivity index (χ3v) is 1.77. The van der Waals surface area contributed by atoms with Crippen molar-refractivity contribution >= 4 is 17.3 Å². The van der Waals surface area contributed by atoms with Gasteiger partial charge in [0.15, 0.2) is 17.3 Å². The highest BCUT2D eigenvalue weighted by atomic mass is 15.4. The van der Waals surface area contributed by atoms with Gasteiger partial charge in [0.1, 0.15) is 6.33 Å². The molecule has 2 rings (SSSR count). The van der Waals surface area contributed by atoms with Crippen LogP contribution in [-0.4, -0.2) is 33.7 Å². The minimum atomic E-state index is 0.392. The molecule has 13 heavy (non-hydrogen) atoms. The number of rotatable bonds is 1. The zero-order valence-electron chi connectivity index (χ0n) is 7.47. The standard InChI is InChI=1S/C7H10N6/c1-12(2)5-3-9-7-6(8)10-4-11-13(5)7/h3-4H,1-2H3,(H2,8,10,11). The SMILES string of the molecule is CN(C)c1cnc2c(N)ncnn12. The maximum Gasteiger partial charge on any atom is 0.198 e. The molecule has 0 aliphatic carbocycles. The molecule has 0 aromatic carbocycles. The molecule has 0 fully saturated rings. The summed E-state index contributed by atoms with van der Waals surface area (Å²) >= 11 is 0.